The number of para-hydroxylation sites is 1. The third-order valence-corrected chi connectivity index (χ3v) is 3.34. The van der Waals surface area contributed by atoms with E-state index in [9.17, 15) is 9.59 Å². The maximum Gasteiger partial charge on any atom is 0.339 e. The predicted molar refractivity (Wildman–Crippen MR) is 95.8 cm³/mol. The summed E-state index contributed by atoms with van der Waals surface area (Å²) in [6, 6.07) is 8.23. The second-order valence-corrected chi connectivity index (χ2v) is 5.95. The maximum absolute atomic E-state index is 12.5. The molecular weight excluding hydrogens is 320 g/mol. The minimum Gasteiger partial charge on any atom is -0.465 e. The number of benzene rings is 1. The van der Waals surface area contributed by atoms with Crippen LogP contribution in [-0.4, -0.2) is 35.5 Å². The normalized spacial score (nSPS) is 10.4. The number of carbonyl (C=O) groups is 2. The summed E-state index contributed by atoms with van der Waals surface area (Å²) < 4.78 is 4.73. The Morgan fingerprint density at radius 3 is 2.60 bits per heavy atom. The van der Waals surface area contributed by atoms with E-state index in [0.717, 1.165) is 6.54 Å². The first kappa shape index (κ1) is 18.4. The van der Waals surface area contributed by atoms with Crippen molar-refractivity contribution in [3.63, 3.8) is 0 Å². The lowest BCUT2D eigenvalue weighted by Gasteiger charge is -2.12. The predicted octanol–water partition coefficient (Wildman–Crippen LogP) is 2.89. The van der Waals surface area contributed by atoms with Crippen LogP contribution in [-0.2, 0) is 4.74 Å². The van der Waals surface area contributed by atoms with Crippen molar-refractivity contribution < 1.29 is 14.3 Å². The fourth-order valence-corrected chi connectivity index (χ4v) is 2.15. The van der Waals surface area contributed by atoms with Crippen molar-refractivity contribution in [3.8, 4) is 0 Å². The summed E-state index contributed by atoms with van der Waals surface area (Å²) in [6.45, 7) is 6.62. The lowest BCUT2D eigenvalue weighted by Crippen LogP contribution is -2.18. The number of hydrogen-bond donors (Lipinski definition) is 2. The Balaban J connectivity index is 2.23. The highest BCUT2D eigenvalue weighted by Crippen LogP contribution is 2.17. The van der Waals surface area contributed by atoms with Gasteiger partial charge in [0.2, 0.25) is 0 Å². The van der Waals surface area contributed by atoms with E-state index in [4.69, 9.17) is 4.74 Å². The molecule has 0 radical (unpaired) electrons. The molecule has 0 saturated carbocycles. The van der Waals surface area contributed by atoms with Gasteiger partial charge in [-0.15, -0.1) is 0 Å². The summed E-state index contributed by atoms with van der Waals surface area (Å²) in [5.41, 5.74) is 0.869. The molecule has 0 aliphatic heterocycles. The minimum absolute atomic E-state index is 0.221. The SMILES string of the molecule is COC(=O)c1ccccc1NC(=O)c1cc(NCC(C)C)nc(C)n1. The molecule has 1 heterocycles. The van der Waals surface area contributed by atoms with Gasteiger partial charge in [0, 0.05) is 12.6 Å². The topological polar surface area (TPSA) is 93.2 Å². The van der Waals surface area contributed by atoms with Crippen LogP contribution in [0.4, 0.5) is 11.5 Å². The Labute approximate surface area is 146 Å². The van der Waals surface area contributed by atoms with E-state index >= 15 is 0 Å². The van der Waals surface area contributed by atoms with Crippen molar-refractivity contribution >= 4 is 23.4 Å². The number of esters is 1. The molecule has 0 aliphatic rings. The highest BCUT2D eigenvalue weighted by molar-refractivity contribution is 6.07. The van der Waals surface area contributed by atoms with Gasteiger partial charge in [0.05, 0.1) is 18.4 Å². The number of aromatic nitrogens is 2. The number of nitrogens with one attached hydrogen (secondary N) is 2. The molecule has 0 spiro atoms. The van der Waals surface area contributed by atoms with Gasteiger partial charge in [-0.1, -0.05) is 26.0 Å². The first-order chi connectivity index (χ1) is 11.9. The van der Waals surface area contributed by atoms with Crippen LogP contribution in [0.2, 0.25) is 0 Å². The molecule has 0 atom stereocenters. The Morgan fingerprint density at radius 1 is 1.20 bits per heavy atom. The van der Waals surface area contributed by atoms with Crippen LogP contribution in [0.1, 0.15) is 40.5 Å². The zero-order valence-electron chi connectivity index (χ0n) is 14.8. The molecule has 0 aliphatic carbocycles. The van der Waals surface area contributed by atoms with Crippen LogP contribution in [0, 0.1) is 12.8 Å². The summed E-state index contributed by atoms with van der Waals surface area (Å²) in [5, 5.41) is 5.88. The van der Waals surface area contributed by atoms with Gasteiger partial charge >= 0.3 is 5.97 Å². The molecule has 0 saturated heterocycles. The Bertz CT molecular complexity index is 775. The van der Waals surface area contributed by atoms with Gasteiger partial charge in [0.25, 0.3) is 5.91 Å². The number of rotatable bonds is 6. The van der Waals surface area contributed by atoms with Crippen molar-refractivity contribution in [2.45, 2.75) is 20.8 Å². The highest BCUT2D eigenvalue weighted by atomic mass is 16.5. The first-order valence-corrected chi connectivity index (χ1v) is 7.99. The molecule has 2 rings (SSSR count). The lowest BCUT2D eigenvalue weighted by atomic mass is 10.1. The van der Waals surface area contributed by atoms with Gasteiger partial charge in [-0.2, -0.15) is 0 Å². The van der Waals surface area contributed by atoms with Gasteiger partial charge in [-0.3, -0.25) is 4.79 Å². The zero-order chi connectivity index (χ0) is 18.4. The smallest absolute Gasteiger partial charge is 0.339 e. The minimum atomic E-state index is -0.519. The Kier molecular flexibility index (Phi) is 6.05. The third kappa shape index (κ3) is 5.00. The van der Waals surface area contributed by atoms with E-state index in [1.165, 1.54) is 7.11 Å². The number of hydrogen-bond acceptors (Lipinski definition) is 6. The average molecular weight is 342 g/mol. The molecule has 1 amide bonds. The molecule has 1 aromatic heterocycles. The molecule has 0 bridgehead atoms. The quantitative estimate of drug-likeness (QED) is 0.784. The Hall–Kier alpha value is -2.96. The van der Waals surface area contributed by atoms with Crippen LogP contribution in [0.25, 0.3) is 0 Å². The van der Waals surface area contributed by atoms with Gasteiger partial charge < -0.3 is 15.4 Å². The van der Waals surface area contributed by atoms with Crippen LogP contribution < -0.4 is 10.6 Å². The number of nitrogens with zero attached hydrogens (tertiary/aromatic N) is 2. The van der Waals surface area contributed by atoms with E-state index in [2.05, 4.69) is 34.4 Å². The summed E-state index contributed by atoms with van der Waals surface area (Å²) in [7, 11) is 1.29. The zero-order valence-corrected chi connectivity index (χ0v) is 14.8. The van der Waals surface area contributed by atoms with E-state index in [1.807, 2.05) is 0 Å². The monoisotopic (exact) mass is 342 g/mol. The second-order valence-electron chi connectivity index (χ2n) is 5.95. The Morgan fingerprint density at radius 2 is 1.92 bits per heavy atom. The molecule has 2 aromatic rings. The fraction of sp³-hybridized carbons (Fsp3) is 0.333. The molecule has 132 valence electrons. The van der Waals surface area contributed by atoms with Crippen molar-refractivity contribution in [1.29, 1.82) is 0 Å². The molecule has 7 nitrogen and oxygen atoms in total. The standard InChI is InChI=1S/C18H22N4O3/c1-11(2)10-19-16-9-15(20-12(3)21-16)17(23)22-14-8-6-5-7-13(14)18(24)25-4/h5-9,11H,10H2,1-4H3,(H,22,23)(H,19,20,21). The maximum atomic E-state index is 12.5. The average Bonchev–Trinajstić information content (AvgIpc) is 2.59. The summed E-state index contributed by atoms with van der Waals surface area (Å²) in [5.74, 6) is 0.579. The number of anilines is 2. The van der Waals surface area contributed by atoms with E-state index < -0.39 is 11.9 Å². The van der Waals surface area contributed by atoms with Crippen LogP contribution >= 0.6 is 0 Å². The van der Waals surface area contributed by atoms with Crippen LogP contribution in [0.15, 0.2) is 30.3 Å². The first-order valence-electron chi connectivity index (χ1n) is 7.99. The molecule has 0 unspecified atom stereocenters. The van der Waals surface area contributed by atoms with E-state index in [1.54, 1.807) is 37.3 Å². The summed E-state index contributed by atoms with van der Waals surface area (Å²) >= 11 is 0. The lowest BCUT2D eigenvalue weighted by molar-refractivity contribution is 0.0602. The molecule has 7 heteroatoms. The van der Waals surface area contributed by atoms with Gasteiger partial charge in [-0.25, -0.2) is 14.8 Å². The van der Waals surface area contributed by atoms with Crippen molar-refractivity contribution in [2.24, 2.45) is 5.92 Å². The van der Waals surface area contributed by atoms with Crippen molar-refractivity contribution in [1.82, 2.24) is 9.97 Å². The second kappa shape index (κ2) is 8.23. The molecule has 25 heavy (non-hydrogen) atoms. The molecule has 1 aromatic carbocycles. The van der Waals surface area contributed by atoms with Gasteiger partial charge in [0.15, 0.2) is 0 Å². The van der Waals surface area contributed by atoms with E-state index in [0.29, 0.717) is 23.2 Å². The van der Waals surface area contributed by atoms with Crippen molar-refractivity contribution in [2.75, 3.05) is 24.3 Å². The molecule has 2 N–H and O–H groups in total. The highest BCUT2D eigenvalue weighted by Gasteiger charge is 2.16. The van der Waals surface area contributed by atoms with Crippen LogP contribution in [0.5, 0.6) is 0 Å². The number of amides is 1. The summed E-state index contributed by atoms with van der Waals surface area (Å²) in [4.78, 5) is 32.8. The fourth-order valence-electron chi connectivity index (χ4n) is 2.15. The number of carbonyl (C=O) groups excluding carboxylic acids is 2. The van der Waals surface area contributed by atoms with E-state index in [-0.39, 0.29) is 11.3 Å². The van der Waals surface area contributed by atoms with Crippen LogP contribution in [0.3, 0.4) is 0 Å². The number of ether oxygens (including phenoxy) is 1. The molecular formula is C18H22N4O3. The van der Waals surface area contributed by atoms with Gasteiger partial charge in [0.1, 0.15) is 17.3 Å². The van der Waals surface area contributed by atoms with Crippen molar-refractivity contribution in [3.05, 3.63) is 47.4 Å². The third-order valence-electron chi connectivity index (χ3n) is 3.34. The largest absolute Gasteiger partial charge is 0.465 e. The number of methoxy groups -OCH3 is 1. The molecule has 0 fully saturated rings. The number of aryl methyl sites for hydroxylation is 1. The van der Waals surface area contributed by atoms with Gasteiger partial charge in [-0.05, 0) is 25.0 Å². The summed E-state index contributed by atoms with van der Waals surface area (Å²) in [6.07, 6.45) is 0.